The van der Waals surface area contributed by atoms with Crippen LogP contribution >= 0.6 is 11.3 Å². The Morgan fingerprint density at radius 2 is 1.46 bits per heavy atom. The SMILES string of the molecule is CC(C)(C)c1cc(-c2nccc3c2sc2c(CC(C)(C)C(F)(F)F)cccc23)cc2ccccc12. The minimum absolute atomic E-state index is 0.0555. The van der Waals surface area contributed by atoms with Gasteiger partial charge in [-0.2, -0.15) is 13.2 Å². The van der Waals surface area contributed by atoms with Crippen molar-refractivity contribution >= 4 is 42.3 Å². The van der Waals surface area contributed by atoms with Crippen molar-refractivity contribution in [1.82, 2.24) is 4.98 Å². The smallest absolute Gasteiger partial charge is 0.255 e. The standard InChI is InChI=1S/C30H28F3NS/c1-28(2,3)24-16-20(15-18-9-6-7-11-21(18)24)25-27-23(13-14-34-25)22-12-8-10-19(26(22)35-27)17-29(4,5)30(31,32)33/h6-16H,17H2,1-5H3. The van der Waals surface area contributed by atoms with Crippen LogP contribution in [0.1, 0.15) is 45.7 Å². The number of aromatic nitrogens is 1. The van der Waals surface area contributed by atoms with Crippen molar-refractivity contribution in [3.63, 3.8) is 0 Å². The Hall–Kier alpha value is -2.92. The van der Waals surface area contributed by atoms with Gasteiger partial charge in [0.15, 0.2) is 0 Å². The van der Waals surface area contributed by atoms with Crippen molar-refractivity contribution in [1.29, 1.82) is 0 Å². The van der Waals surface area contributed by atoms with Gasteiger partial charge < -0.3 is 0 Å². The van der Waals surface area contributed by atoms with Gasteiger partial charge >= 0.3 is 6.18 Å². The molecule has 0 bridgehead atoms. The molecule has 0 aliphatic carbocycles. The predicted molar refractivity (Wildman–Crippen MR) is 142 cm³/mol. The normalized spacial score (nSPS) is 13.3. The largest absolute Gasteiger partial charge is 0.394 e. The van der Waals surface area contributed by atoms with Crippen LogP contribution in [0.3, 0.4) is 0 Å². The molecule has 35 heavy (non-hydrogen) atoms. The molecule has 0 radical (unpaired) electrons. The van der Waals surface area contributed by atoms with Crippen molar-refractivity contribution in [3.05, 3.63) is 78.0 Å². The summed E-state index contributed by atoms with van der Waals surface area (Å²) in [5.41, 5.74) is 2.02. The average Bonchev–Trinajstić information content (AvgIpc) is 3.17. The van der Waals surface area contributed by atoms with Crippen LogP contribution in [-0.4, -0.2) is 11.2 Å². The molecule has 0 saturated heterocycles. The summed E-state index contributed by atoms with van der Waals surface area (Å²) >= 11 is 1.55. The Morgan fingerprint density at radius 1 is 0.771 bits per heavy atom. The molecular weight excluding hydrogens is 463 g/mol. The molecular formula is C30H28F3NS. The number of thiophene rings is 1. The summed E-state index contributed by atoms with van der Waals surface area (Å²) < 4.78 is 42.9. The van der Waals surface area contributed by atoms with Gasteiger partial charge in [0.2, 0.25) is 0 Å². The Labute approximate surface area is 207 Å². The van der Waals surface area contributed by atoms with E-state index in [1.165, 1.54) is 24.8 Å². The van der Waals surface area contributed by atoms with E-state index in [1.54, 1.807) is 11.3 Å². The van der Waals surface area contributed by atoms with E-state index in [1.807, 2.05) is 36.5 Å². The van der Waals surface area contributed by atoms with Gasteiger partial charge in [-0.25, -0.2) is 0 Å². The van der Waals surface area contributed by atoms with E-state index >= 15 is 0 Å². The molecule has 1 nitrogen and oxygen atoms in total. The van der Waals surface area contributed by atoms with Gasteiger partial charge in [0.1, 0.15) is 0 Å². The molecule has 3 aromatic carbocycles. The number of fused-ring (bicyclic) bond motifs is 4. The van der Waals surface area contributed by atoms with E-state index in [4.69, 9.17) is 4.98 Å². The second kappa shape index (κ2) is 8.06. The Balaban J connectivity index is 1.75. The molecule has 5 heteroatoms. The number of hydrogen-bond acceptors (Lipinski definition) is 2. The first-order valence-corrected chi connectivity index (χ1v) is 12.6. The van der Waals surface area contributed by atoms with Crippen LogP contribution in [0.4, 0.5) is 13.2 Å². The van der Waals surface area contributed by atoms with Gasteiger partial charge in [0.25, 0.3) is 0 Å². The van der Waals surface area contributed by atoms with Crippen molar-refractivity contribution in [2.45, 2.75) is 52.6 Å². The Kier molecular flexibility index (Phi) is 5.48. The molecule has 0 amide bonds. The summed E-state index contributed by atoms with van der Waals surface area (Å²) in [4.78, 5) is 4.78. The van der Waals surface area contributed by atoms with E-state index in [0.29, 0.717) is 0 Å². The van der Waals surface area contributed by atoms with Gasteiger partial charge in [0, 0.05) is 27.2 Å². The number of halogens is 3. The zero-order valence-electron chi connectivity index (χ0n) is 20.5. The van der Waals surface area contributed by atoms with Gasteiger partial charge in [-0.1, -0.05) is 77.1 Å². The topological polar surface area (TPSA) is 12.9 Å². The number of alkyl halides is 3. The first-order chi connectivity index (χ1) is 16.4. The highest BCUT2D eigenvalue weighted by molar-refractivity contribution is 7.26. The number of pyridine rings is 1. The number of nitrogens with zero attached hydrogens (tertiary/aromatic N) is 1. The van der Waals surface area contributed by atoms with Crippen molar-refractivity contribution in [3.8, 4) is 11.3 Å². The fraction of sp³-hybridized carbons (Fsp3) is 0.300. The molecule has 5 rings (SSSR count). The maximum Gasteiger partial charge on any atom is 0.394 e. The molecule has 2 aromatic heterocycles. The quantitative estimate of drug-likeness (QED) is 0.245. The van der Waals surface area contributed by atoms with Crippen molar-refractivity contribution < 1.29 is 13.2 Å². The highest BCUT2D eigenvalue weighted by Gasteiger charge is 2.47. The maximum absolute atomic E-state index is 13.7. The van der Waals surface area contributed by atoms with Crippen LogP contribution in [0.15, 0.2) is 66.9 Å². The number of hydrogen-bond donors (Lipinski definition) is 0. The highest BCUT2D eigenvalue weighted by atomic mass is 32.1. The minimum Gasteiger partial charge on any atom is -0.255 e. The molecule has 0 N–H and O–H groups in total. The Bertz CT molecular complexity index is 1570. The fourth-order valence-corrected chi connectivity index (χ4v) is 6.09. The van der Waals surface area contributed by atoms with Crippen LogP contribution in [0.2, 0.25) is 0 Å². The summed E-state index contributed by atoms with van der Waals surface area (Å²) in [6.45, 7) is 9.17. The average molecular weight is 492 g/mol. The van der Waals surface area contributed by atoms with E-state index in [2.05, 4.69) is 51.1 Å². The van der Waals surface area contributed by atoms with E-state index < -0.39 is 11.6 Å². The summed E-state index contributed by atoms with van der Waals surface area (Å²) in [6.07, 6.45) is -2.53. The van der Waals surface area contributed by atoms with Gasteiger partial charge in [-0.3, -0.25) is 4.98 Å². The molecule has 0 atom stereocenters. The lowest BCUT2D eigenvalue weighted by Gasteiger charge is -2.27. The molecule has 0 unspecified atom stereocenters. The first kappa shape index (κ1) is 23.8. The molecule has 0 spiro atoms. The fourth-order valence-electron chi connectivity index (χ4n) is 4.77. The lowest BCUT2D eigenvalue weighted by Crippen LogP contribution is -2.34. The van der Waals surface area contributed by atoms with Crippen LogP contribution in [0.25, 0.3) is 42.2 Å². The molecule has 5 aromatic rings. The lowest BCUT2D eigenvalue weighted by atomic mass is 9.82. The molecule has 0 fully saturated rings. The van der Waals surface area contributed by atoms with Gasteiger partial charge in [-0.15, -0.1) is 11.3 Å². The summed E-state index contributed by atoms with van der Waals surface area (Å²) in [6, 6.07) is 20.4. The van der Waals surface area contributed by atoms with Crippen molar-refractivity contribution in [2.24, 2.45) is 5.41 Å². The molecule has 0 saturated carbocycles. The summed E-state index contributed by atoms with van der Waals surface area (Å²) in [5.74, 6) is 0. The van der Waals surface area contributed by atoms with Gasteiger partial charge in [-0.05, 0) is 51.9 Å². The molecule has 2 heterocycles. The first-order valence-electron chi connectivity index (χ1n) is 11.8. The summed E-state index contributed by atoms with van der Waals surface area (Å²) in [5, 5.41) is 4.40. The van der Waals surface area contributed by atoms with Crippen LogP contribution < -0.4 is 0 Å². The van der Waals surface area contributed by atoms with E-state index in [-0.39, 0.29) is 11.8 Å². The van der Waals surface area contributed by atoms with Crippen LogP contribution in [-0.2, 0) is 11.8 Å². The summed E-state index contributed by atoms with van der Waals surface area (Å²) in [7, 11) is 0. The second-order valence-corrected chi connectivity index (χ2v) is 12.0. The third-order valence-electron chi connectivity index (χ3n) is 6.84. The molecule has 0 aliphatic rings. The third-order valence-corrected chi connectivity index (χ3v) is 8.14. The van der Waals surface area contributed by atoms with Crippen LogP contribution in [0, 0.1) is 5.41 Å². The highest BCUT2D eigenvalue weighted by Crippen LogP contribution is 2.45. The molecule has 0 aliphatic heterocycles. The number of rotatable bonds is 3. The zero-order chi connectivity index (χ0) is 25.2. The lowest BCUT2D eigenvalue weighted by molar-refractivity contribution is -0.210. The maximum atomic E-state index is 13.7. The molecule has 180 valence electrons. The van der Waals surface area contributed by atoms with Crippen molar-refractivity contribution in [2.75, 3.05) is 0 Å². The van der Waals surface area contributed by atoms with Crippen LogP contribution in [0.5, 0.6) is 0 Å². The minimum atomic E-state index is -4.27. The zero-order valence-corrected chi connectivity index (χ0v) is 21.4. The number of benzene rings is 3. The second-order valence-electron chi connectivity index (χ2n) is 11.0. The Morgan fingerprint density at radius 3 is 2.17 bits per heavy atom. The monoisotopic (exact) mass is 491 g/mol. The van der Waals surface area contributed by atoms with E-state index in [9.17, 15) is 13.2 Å². The predicted octanol–water partition coefficient (Wildman–Crippen LogP) is 9.70. The van der Waals surface area contributed by atoms with Gasteiger partial charge in [0.05, 0.1) is 15.8 Å². The van der Waals surface area contributed by atoms with E-state index in [0.717, 1.165) is 42.4 Å². The third kappa shape index (κ3) is 4.10.